The quantitative estimate of drug-likeness (QED) is 0.387. The minimum absolute atomic E-state index is 0.283. The van der Waals surface area contributed by atoms with E-state index >= 15 is 0 Å². The van der Waals surface area contributed by atoms with E-state index in [0.717, 1.165) is 0 Å². The molecule has 7 heteroatoms. The van der Waals surface area contributed by atoms with Gasteiger partial charge in [0.05, 0.1) is 0 Å². The zero-order valence-corrected chi connectivity index (χ0v) is 6.39. The second-order valence-corrected chi connectivity index (χ2v) is 2.06. The second kappa shape index (κ2) is 3.59. The van der Waals surface area contributed by atoms with Crippen LogP contribution in [-0.2, 0) is 0 Å². The van der Waals surface area contributed by atoms with E-state index in [1.807, 2.05) is 0 Å². The maximum absolute atomic E-state index is 10.9. The van der Waals surface area contributed by atoms with Gasteiger partial charge in [-0.15, -0.1) is 0 Å². The SMILES string of the molecule is NC(=O)c1nccnc1C(=O)NO. The molecule has 68 valence electrons. The summed E-state index contributed by atoms with van der Waals surface area (Å²) in [7, 11) is 0. The van der Waals surface area contributed by atoms with Gasteiger partial charge in [0.1, 0.15) is 0 Å². The highest BCUT2D eigenvalue weighted by molar-refractivity contribution is 6.03. The number of nitrogens with one attached hydrogen (secondary N) is 1. The number of aromatic nitrogens is 2. The molecule has 7 nitrogen and oxygen atoms in total. The first kappa shape index (κ1) is 9.07. The smallest absolute Gasteiger partial charge is 0.295 e. The van der Waals surface area contributed by atoms with Crippen molar-refractivity contribution in [1.29, 1.82) is 0 Å². The molecular weight excluding hydrogens is 176 g/mol. The predicted octanol–water partition coefficient (Wildman–Crippen LogP) is -1.31. The number of nitrogens with two attached hydrogens (primary N) is 1. The summed E-state index contributed by atoms with van der Waals surface area (Å²) in [6.45, 7) is 0. The highest BCUT2D eigenvalue weighted by Gasteiger charge is 2.16. The number of hydroxylamine groups is 1. The normalized spacial score (nSPS) is 9.31. The number of hydrogen-bond donors (Lipinski definition) is 3. The molecule has 0 spiro atoms. The molecule has 0 fully saturated rings. The summed E-state index contributed by atoms with van der Waals surface area (Å²) in [5.41, 5.74) is 5.64. The van der Waals surface area contributed by atoms with Crippen LogP contribution in [0.15, 0.2) is 12.4 Å². The van der Waals surface area contributed by atoms with Gasteiger partial charge in [-0.2, -0.15) is 0 Å². The number of hydrogen-bond acceptors (Lipinski definition) is 5. The second-order valence-electron chi connectivity index (χ2n) is 2.06. The van der Waals surface area contributed by atoms with Gasteiger partial charge >= 0.3 is 0 Å². The zero-order valence-electron chi connectivity index (χ0n) is 6.39. The molecule has 0 unspecified atom stereocenters. The lowest BCUT2D eigenvalue weighted by molar-refractivity contribution is 0.0696. The van der Waals surface area contributed by atoms with E-state index in [1.165, 1.54) is 17.9 Å². The molecule has 0 aliphatic heterocycles. The van der Waals surface area contributed by atoms with Crippen LogP contribution in [0.1, 0.15) is 21.0 Å². The van der Waals surface area contributed by atoms with Crippen molar-refractivity contribution in [3.05, 3.63) is 23.8 Å². The van der Waals surface area contributed by atoms with Crippen LogP contribution in [0.2, 0.25) is 0 Å². The lowest BCUT2D eigenvalue weighted by atomic mass is 10.3. The molecule has 1 rings (SSSR count). The first-order valence-corrected chi connectivity index (χ1v) is 3.22. The van der Waals surface area contributed by atoms with E-state index in [9.17, 15) is 9.59 Å². The number of rotatable bonds is 2. The molecule has 0 atom stereocenters. The number of nitrogens with zero attached hydrogens (tertiary/aromatic N) is 2. The van der Waals surface area contributed by atoms with Crippen LogP contribution in [0, 0.1) is 0 Å². The minimum atomic E-state index is -0.929. The van der Waals surface area contributed by atoms with E-state index in [-0.39, 0.29) is 11.4 Å². The topological polar surface area (TPSA) is 118 Å². The van der Waals surface area contributed by atoms with E-state index in [2.05, 4.69) is 9.97 Å². The summed E-state index contributed by atoms with van der Waals surface area (Å²) in [6, 6.07) is 0. The average Bonchev–Trinajstić information content (AvgIpc) is 2.16. The maximum atomic E-state index is 10.9. The average molecular weight is 182 g/mol. The third-order valence-corrected chi connectivity index (χ3v) is 1.25. The summed E-state index contributed by atoms with van der Waals surface area (Å²) in [5, 5.41) is 8.28. The predicted molar refractivity (Wildman–Crippen MR) is 39.8 cm³/mol. The van der Waals surface area contributed by atoms with Gasteiger partial charge < -0.3 is 5.73 Å². The van der Waals surface area contributed by atoms with Crippen LogP contribution in [-0.4, -0.2) is 27.0 Å². The van der Waals surface area contributed by atoms with Crippen LogP contribution in [0.5, 0.6) is 0 Å². The highest BCUT2D eigenvalue weighted by Crippen LogP contribution is 1.99. The molecule has 0 aliphatic rings. The number of carbonyl (C=O) groups excluding carboxylic acids is 2. The Kier molecular flexibility index (Phi) is 2.50. The molecule has 0 saturated heterocycles. The van der Waals surface area contributed by atoms with Crippen LogP contribution in [0.3, 0.4) is 0 Å². The summed E-state index contributed by atoms with van der Waals surface area (Å²) in [6.07, 6.45) is 2.42. The van der Waals surface area contributed by atoms with Crippen molar-refractivity contribution in [2.75, 3.05) is 0 Å². The van der Waals surface area contributed by atoms with Gasteiger partial charge in [-0.25, -0.2) is 15.4 Å². The first-order valence-electron chi connectivity index (χ1n) is 3.22. The molecule has 0 bridgehead atoms. The van der Waals surface area contributed by atoms with Crippen molar-refractivity contribution in [1.82, 2.24) is 15.4 Å². The fourth-order valence-corrected chi connectivity index (χ4v) is 0.737. The molecule has 0 radical (unpaired) electrons. The summed E-state index contributed by atoms with van der Waals surface area (Å²) in [4.78, 5) is 28.6. The Bertz CT molecular complexity index is 351. The Hall–Kier alpha value is -2.02. The fourth-order valence-electron chi connectivity index (χ4n) is 0.737. The molecule has 1 aromatic heterocycles. The van der Waals surface area contributed by atoms with Crippen LogP contribution in [0.4, 0.5) is 0 Å². The lowest BCUT2D eigenvalue weighted by Gasteiger charge is -2.00. The summed E-state index contributed by atoms with van der Waals surface area (Å²) < 4.78 is 0. The minimum Gasteiger partial charge on any atom is -0.364 e. The molecule has 1 aromatic rings. The van der Waals surface area contributed by atoms with Crippen molar-refractivity contribution in [3.63, 3.8) is 0 Å². The Morgan fingerprint density at radius 1 is 1.31 bits per heavy atom. The number of amides is 2. The van der Waals surface area contributed by atoms with E-state index in [1.54, 1.807) is 0 Å². The summed E-state index contributed by atoms with van der Waals surface area (Å²) >= 11 is 0. The molecule has 0 aromatic carbocycles. The zero-order chi connectivity index (χ0) is 9.84. The van der Waals surface area contributed by atoms with E-state index in [4.69, 9.17) is 10.9 Å². The van der Waals surface area contributed by atoms with Gasteiger partial charge in [0, 0.05) is 12.4 Å². The maximum Gasteiger partial charge on any atom is 0.295 e. The molecule has 0 aliphatic carbocycles. The lowest BCUT2D eigenvalue weighted by Crippen LogP contribution is -2.26. The molecular formula is C6H6N4O3. The van der Waals surface area contributed by atoms with Crippen molar-refractivity contribution in [3.8, 4) is 0 Å². The third-order valence-electron chi connectivity index (χ3n) is 1.25. The van der Waals surface area contributed by atoms with Gasteiger partial charge in [-0.05, 0) is 0 Å². The monoisotopic (exact) mass is 182 g/mol. The van der Waals surface area contributed by atoms with Gasteiger partial charge in [0.2, 0.25) is 0 Å². The molecule has 0 saturated carbocycles. The fraction of sp³-hybridized carbons (Fsp3) is 0. The molecule has 4 N–H and O–H groups in total. The van der Waals surface area contributed by atoms with Crippen molar-refractivity contribution in [2.45, 2.75) is 0 Å². The van der Waals surface area contributed by atoms with Crippen LogP contribution < -0.4 is 11.2 Å². The van der Waals surface area contributed by atoms with Crippen molar-refractivity contribution < 1.29 is 14.8 Å². The van der Waals surface area contributed by atoms with Crippen molar-refractivity contribution in [2.24, 2.45) is 5.73 Å². The Morgan fingerprint density at radius 3 is 2.31 bits per heavy atom. The largest absolute Gasteiger partial charge is 0.364 e. The van der Waals surface area contributed by atoms with Gasteiger partial charge in [-0.1, -0.05) is 0 Å². The molecule has 13 heavy (non-hydrogen) atoms. The number of carbonyl (C=O) groups is 2. The highest BCUT2D eigenvalue weighted by atomic mass is 16.5. The first-order chi connectivity index (χ1) is 6.16. The van der Waals surface area contributed by atoms with Crippen LogP contribution in [0.25, 0.3) is 0 Å². The summed E-state index contributed by atoms with van der Waals surface area (Å²) in [5.74, 6) is -1.81. The van der Waals surface area contributed by atoms with Crippen molar-refractivity contribution >= 4 is 11.8 Å². The Morgan fingerprint density at radius 2 is 1.85 bits per heavy atom. The van der Waals surface area contributed by atoms with Gasteiger partial charge in [-0.3, -0.25) is 14.8 Å². The molecule has 2 amide bonds. The third kappa shape index (κ3) is 1.76. The van der Waals surface area contributed by atoms with Gasteiger partial charge in [0.25, 0.3) is 11.8 Å². The van der Waals surface area contributed by atoms with Crippen LogP contribution >= 0.6 is 0 Å². The van der Waals surface area contributed by atoms with E-state index in [0.29, 0.717) is 0 Å². The number of primary amides is 1. The Balaban J connectivity index is 3.19. The molecule has 1 heterocycles. The standard InChI is InChI=1S/C6H6N4O3/c7-5(11)3-4(6(12)10-13)9-2-1-8-3/h1-2,13H,(H2,7,11)(H,10,12). The van der Waals surface area contributed by atoms with E-state index < -0.39 is 11.8 Å². The Labute approximate surface area is 72.6 Å². The van der Waals surface area contributed by atoms with Gasteiger partial charge in [0.15, 0.2) is 11.4 Å².